The van der Waals surface area contributed by atoms with Crippen LogP contribution in [-0.4, -0.2) is 27.7 Å². The van der Waals surface area contributed by atoms with Gasteiger partial charge in [-0.25, -0.2) is 0 Å². The van der Waals surface area contributed by atoms with Crippen LogP contribution < -0.4 is 0 Å². The molecule has 23 heavy (non-hydrogen) atoms. The van der Waals surface area contributed by atoms with Gasteiger partial charge < -0.3 is 10.2 Å². The number of carbonyl (C=O) groups is 1. The quantitative estimate of drug-likeness (QED) is 0.676. The minimum atomic E-state index is -0.870. The Kier molecular flexibility index (Phi) is 2.62. The van der Waals surface area contributed by atoms with Crippen LogP contribution in [0.25, 0.3) is 0 Å². The fourth-order valence-electron chi connectivity index (χ4n) is 7.28. The lowest BCUT2D eigenvalue weighted by atomic mass is 9.45. The van der Waals surface area contributed by atoms with Crippen LogP contribution in [0, 0.1) is 40.4 Å². The van der Waals surface area contributed by atoms with Crippen LogP contribution in [0.2, 0.25) is 0 Å². The summed E-state index contributed by atoms with van der Waals surface area (Å²) in [5, 5.41) is 21.3. The summed E-state index contributed by atoms with van der Waals surface area (Å²) in [7, 11) is 0. The topological polar surface area (TPSA) is 57.5 Å². The standard InChI is InChI=1S/C20H28O3/c1-18-6-5-15-12(16(18)13-9-14(13)17(18)22)4-8-20(23)10-11(21)3-7-19(15,20)2/h4,8,11-16,21,23H,3,5-7,9-10H2,1-2H3/t11-,12?,13?,14-,15?,16?,18-,19+,20-/m0/s1. The van der Waals surface area contributed by atoms with Gasteiger partial charge in [-0.3, -0.25) is 4.79 Å². The summed E-state index contributed by atoms with van der Waals surface area (Å²) >= 11 is 0. The van der Waals surface area contributed by atoms with Crippen molar-refractivity contribution in [1.82, 2.24) is 0 Å². The highest BCUT2D eigenvalue weighted by molar-refractivity contribution is 5.92. The zero-order chi connectivity index (χ0) is 16.2. The molecule has 5 aliphatic carbocycles. The van der Waals surface area contributed by atoms with E-state index in [-0.39, 0.29) is 16.9 Å². The second-order valence-electron chi connectivity index (χ2n) is 9.63. The van der Waals surface area contributed by atoms with Crippen molar-refractivity contribution in [2.24, 2.45) is 40.4 Å². The monoisotopic (exact) mass is 316 g/mol. The first kappa shape index (κ1) is 14.7. The second-order valence-corrected chi connectivity index (χ2v) is 9.63. The minimum Gasteiger partial charge on any atom is -0.393 e. The van der Waals surface area contributed by atoms with Gasteiger partial charge in [-0.05, 0) is 55.8 Å². The van der Waals surface area contributed by atoms with Crippen molar-refractivity contribution < 1.29 is 15.0 Å². The molecule has 3 heteroatoms. The molecule has 0 aromatic carbocycles. The summed E-state index contributed by atoms with van der Waals surface area (Å²) in [5.74, 6) is 2.87. The fraction of sp³-hybridized carbons (Fsp3) is 0.850. The number of rotatable bonds is 0. The Hall–Kier alpha value is -0.670. The van der Waals surface area contributed by atoms with Crippen molar-refractivity contribution in [3.63, 3.8) is 0 Å². The first-order chi connectivity index (χ1) is 10.8. The van der Waals surface area contributed by atoms with Crippen molar-refractivity contribution in [1.29, 1.82) is 0 Å². The first-order valence-electron chi connectivity index (χ1n) is 9.44. The smallest absolute Gasteiger partial charge is 0.142 e. The first-order valence-corrected chi connectivity index (χ1v) is 9.44. The molecule has 2 N–H and O–H groups in total. The molecule has 126 valence electrons. The van der Waals surface area contributed by atoms with Gasteiger partial charge in [0, 0.05) is 23.2 Å². The van der Waals surface area contributed by atoms with Gasteiger partial charge in [-0.1, -0.05) is 26.0 Å². The molecular weight excluding hydrogens is 288 g/mol. The summed E-state index contributed by atoms with van der Waals surface area (Å²) in [6.07, 6.45) is 9.15. The van der Waals surface area contributed by atoms with Gasteiger partial charge in [0.1, 0.15) is 5.78 Å². The van der Waals surface area contributed by atoms with Crippen molar-refractivity contribution in [3.8, 4) is 0 Å². The lowest BCUT2D eigenvalue weighted by Gasteiger charge is -2.61. The summed E-state index contributed by atoms with van der Waals surface area (Å²) < 4.78 is 0. The summed E-state index contributed by atoms with van der Waals surface area (Å²) in [5.41, 5.74) is -1.13. The van der Waals surface area contributed by atoms with Crippen molar-refractivity contribution in [3.05, 3.63) is 12.2 Å². The van der Waals surface area contributed by atoms with Crippen LogP contribution in [0.5, 0.6) is 0 Å². The highest BCUT2D eigenvalue weighted by Crippen LogP contribution is 2.71. The number of ketones is 1. The van der Waals surface area contributed by atoms with Gasteiger partial charge in [0.25, 0.3) is 0 Å². The van der Waals surface area contributed by atoms with Crippen LogP contribution in [0.3, 0.4) is 0 Å². The van der Waals surface area contributed by atoms with Crippen molar-refractivity contribution >= 4 is 5.78 Å². The van der Waals surface area contributed by atoms with Gasteiger partial charge in [-0.2, -0.15) is 0 Å². The molecule has 0 saturated heterocycles. The van der Waals surface area contributed by atoms with Gasteiger partial charge in [0.2, 0.25) is 0 Å². The molecule has 4 unspecified atom stereocenters. The summed E-state index contributed by atoms with van der Waals surface area (Å²) in [6, 6.07) is 0. The van der Waals surface area contributed by atoms with E-state index in [0.29, 0.717) is 41.8 Å². The average Bonchev–Trinajstić information content (AvgIpc) is 3.23. The highest BCUT2D eigenvalue weighted by atomic mass is 16.3. The number of carbonyl (C=O) groups excluding carboxylic acids is 1. The zero-order valence-electron chi connectivity index (χ0n) is 14.2. The minimum absolute atomic E-state index is 0.112. The summed E-state index contributed by atoms with van der Waals surface area (Å²) in [6.45, 7) is 4.45. The maximum absolute atomic E-state index is 12.7. The molecular formula is C20H28O3. The molecule has 5 aliphatic rings. The van der Waals surface area contributed by atoms with Crippen molar-refractivity contribution in [2.45, 2.75) is 64.1 Å². The third kappa shape index (κ3) is 1.57. The molecule has 0 heterocycles. The molecule has 5 rings (SSSR count). The van der Waals surface area contributed by atoms with Crippen LogP contribution in [0.4, 0.5) is 0 Å². The Morgan fingerprint density at radius 1 is 1.22 bits per heavy atom. The van der Waals surface area contributed by atoms with E-state index in [1.165, 1.54) is 0 Å². The molecule has 3 nitrogen and oxygen atoms in total. The maximum Gasteiger partial charge on any atom is 0.142 e. The second kappa shape index (κ2) is 4.11. The van der Waals surface area contributed by atoms with Gasteiger partial charge in [0.15, 0.2) is 0 Å². The lowest BCUT2D eigenvalue weighted by molar-refractivity contribution is -0.169. The van der Waals surface area contributed by atoms with E-state index >= 15 is 0 Å². The third-order valence-electron chi connectivity index (χ3n) is 8.74. The molecule has 0 spiro atoms. The van der Waals surface area contributed by atoms with Crippen LogP contribution in [0.1, 0.15) is 52.4 Å². The molecule has 0 aromatic heterocycles. The Labute approximate surface area is 138 Å². The predicted octanol–water partition coefficient (Wildman–Crippen LogP) is 2.71. The van der Waals surface area contributed by atoms with Crippen molar-refractivity contribution in [2.75, 3.05) is 0 Å². The molecule has 0 bridgehead atoms. The molecule has 4 saturated carbocycles. The summed E-state index contributed by atoms with van der Waals surface area (Å²) in [4.78, 5) is 12.7. The number of fused-ring (bicyclic) bond motifs is 7. The number of aliphatic hydroxyl groups excluding tert-OH is 1. The largest absolute Gasteiger partial charge is 0.393 e. The van der Waals surface area contributed by atoms with E-state index in [2.05, 4.69) is 19.9 Å². The number of aliphatic hydroxyl groups is 2. The maximum atomic E-state index is 12.7. The zero-order valence-corrected chi connectivity index (χ0v) is 14.2. The Bertz CT molecular complexity index is 612. The number of hydrogen-bond donors (Lipinski definition) is 2. The van der Waals surface area contributed by atoms with E-state index in [0.717, 1.165) is 32.1 Å². The Morgan fingerprint density at radius 3 is 2.78 bits per heavy atom. The molecule has 9 atom stereocenters. The fourth-order valence-corrected chi connectivity index (χ4v) is 7.28. The van der Waals surface area contributed by atoms with E-state index in [1.807, 2.05) is 6.08 Å². The molecule has 0 amide bonds. The van der Waals surface area contributed by atoms with Gasteiger partial charge in [0.05, 0.1) is 11.7 Å². The SMILES string of the molecule is C[C@]12CCC3C(C=C[C@]4(O)C[C@@H](O)CC[C@]34C)C1C1C[C@@H]1C2=O. The van der Waals surface area contributed by atoms with Gasteiger partial charge in [-0.15, -0.1) is 0 Å². The van der Waals surface area contributed by atoms with E-state index < -0.39 is 5.60 Å². The molecule has 4 fully saturated rings. The molecule has 0 aromatic rings. The average molecular weight is 316 g/mol. The van der Waals surface area contributed by atoms with E-state index in [4.69, 9.17) is 0 Å². The van der Waals surface area contributed by atoms with Gasteiger partial charge >= 0.3 is 0 Å². The Balaban J connectivity index is 1.58. The lowest BCUT2D eigenvalue weighted by Crippen LogP contribution is -2.61. The van der Waals surface area contributed by atoms with Crippen LogP contribution in [0.15, 0.2) is 12.2 Å². The normalized spacial score (nSPS) is 63.0. The third-order valence-corrected chi connectivity index (χ3v) is 8.74. The van der Waals surface area contributed by atoms with Crippen LogP contribution in [-0.2, 0) is 4.79 Å². The number of Topliss-reactive ketones (excluding diaryl/α,β-unsaturated/α-hetero) is 1. The highest BCUT2D eigenvalue weighted by Gasteiger charge is 2.71. The Morgan fingerprint density at radius 2 is 2.00 bits per heavy atom. The molecule has 0 aliphatic heterocycles. The number of hydrogen-bond acceptors (Lipinski definition) is 3. The van der Waals surface area contributed by atoms with Crippen LogP contribution >= 0.6 is 0 Å². The van der Waals surface area contributed by atoms with E-state index in [1.54, 1.807) is 0 Å². The predicted molar refractivity (Wildman–Crippen MR) is 86.5 cm³/mol. The molecule has 0 radical (unpaired) electrons. The van der Waals surface area contributed by atoms with E-state index in [9.17, 15) is 15.0 Å². The number of allylic oxidation sites excluding steroid dienone is 1.